The second kappa shape index (κ2) is 10.7. The van der Waals surface area contributed by atoms with Gasteiger partial charge in [0.25, 0.3) is 0 Å². The zero-order valence-electron chi connectivity index (χ0n) is 26.7. The van der Waals surface area contributed by atoms with Crippen LogP contribution in [-0.4, -0.2) is 9.55 Å². The third kappa shape index (κ3) is 4.45. The lowest BCUT2D eigenvalue weighted by Crippen LogP contribution is -2.16. The number of aromatic nitrogens is 2. The minimum Gasteiger partial charge on any atom is -0.310 e. The second-order valence-electron chi connectivity index (χ2n) is 13.2. The van der Waals surface area contributed by atoms with Crippen molar-refractivity contribution in [1.29, 1.82) is 0 Å². The van der Waals surface area contributed by atoms with Crippen molar-refractivity contribution >= 4 is 34.2 Å². The summed E-state index contributed by atoms with van der Waals surface area (Å²) < 4.78 is 2.26. The number of imidazole rings is 1. The Labute approximate surface area is 276 Å². The van der Waals surface area contributed by atoms with E-state index in [0.29, 0.717) is 0 Å². The molecule has 3 heteroatoms. The van der Waals surface area contributed by atoms with Crippen molar-refractivity contribution in [2.75, 3.05) is 4.90 Å². The van der Waals surface area contributed by atoms with Crippen LogP contribution in [0.4, 0.5) is 17.1 Å². The maximum atomic E-state index is 5.12. The van der Waals surface area contributed by atoms with Crippen LogP contribution in [-0.2, 0) is 11.8 Å². The standard InChI is InChI=1S/C44H35N3/c1-44(2)39-17-9-8-16-37(39)38-27-26-36(29-40(38)44)46(35-25-20-30-12-6-7-13-32(30)28-35)34-23-21-31(22-24-34)43-45-41-18-10-11-19-42(41)47(43)33-14-4-3-5-15-33/h3-6,8-12,14-29H,7,13H2,1-2H3. The highest BCUT2D eigenvalue weighted by Crippen LogP contribution is 2.50. The molecule has 2 aliphatic rings. The fourth-order valence-corrected chi connectivity index (χ4v) is 7.66. The van der Waals surface area contributed by atoms with Crippen molar-refractivity contribution in [1.82, 2.24) is 9.55 Å². The van der Waals surface area contributed by atoms with Crippen molar-refractivity contribution in [2.45, 2.75) is 32.1 Å². The highest BCUT2D eigenvalue weighted by atomic mass is 15.1. The van der Waals surface area contributed by atoms with Crippen LogP contribution in [0, 0.1) is 0 Å². The van der Waals surface area contributed by atoms with E-state index in [1.807, 2.05) is 0 Å². The summed E-state index contributed by atoms with van der Waals surface area (Å²) in [6.07, 6.45) is 6.69. The number of nitrogens with zero attached hydrogens (tertiary/aromatic N) is 3. The molecule has 0 bridgehead atoms. The number of hydrogen-bond donors (Lipinski definition) is 0. The van der Waals surface area contributed by atoms with Gasteiger partial charge in [0.2, 0.25) is 0 Å². The van der Waals surface area contributed by atoms with Gasteiger partial charge in [-0.25, -0.2) is 4.98 Å². The Kier molecular flexibility index (Phi) is 6.29. The lowest BCUT2D eigenvalue weighted by Gasteiger charge is -2.29. The third-order valence-corrected chi connectivity index (χ3v) is 10.0. The van der Waals surface area contributed by atoms with Gasteiger partial charge in [-0.2, -0.15) is 0 Å². The summed E-state index contributed by atoms with van der Waals surface area (Å²) in [5.74, 6) is 0.938. The van der Waals surface area contributed by atoms with Crippen molar-refractivity contribution in [3.05, 3.63) is 168 Å². The maximum absolute atomic E-state index is 5.12. The fourth-order valence-electron chi connectivity index (χ4n) is 7.66. The van der Waals surface area contributed by atoms with Crippen molar-refractivity contribution in [3.63, 3.8) is 0 Å². The Balaban J connectivity index is 1.19. The van der Waals surface area contributed by atoms with Gasteiger partial charge in [-0.3, -0.25) is 4.57 Å². The molecule has 7 aromatic rings. The molecule has 0 atom stereocenters. The summed E-state index contributed by atoms with van der Waals surface area (Å²) in [6, 6.07) is 50.6. The lowest BCUT2D eigenvalue weighted by atomic mass is 9.82. The number of fused-ring (bicyclic) bond motifs is 5. The molecule has 0 amide bonds. The number of rotatable bonds is 5. The Morgan fingerprint density at radius 3 is 2.21 bits per heavy atom. The molecular formula is C44H35N3. The van der Waals surface area contributed by atoms with E-state index in [-0.39, 0.29) is 5.41 Å². The first-order chi connectivity index (χ1) is 23.1. The van der Waals surface area contributed by atoms with E-state index >= 15 is 0 Å². The first-order valence-corrected chi connectivity index (χ1v) is 16.5. The van der Waals surface area contributed by atoms with Crippen LogP contribution < -0.4 is 4.90 Å². The molecule has 2 aliphatic carbocycles. The van der Waals surface area contributed by atoms with Gasteiger partial charge < -0.3 is 4.90 Å². The molecule has 0 spiro atoms. The zero-order valence-corrected chi connectivity index (χ0v) is 26.7. The van der Waals surface area contributed by atoms with E-state index < -0.39 is 0 Å². The smallest absolute Gasteiger partial charge is 0.145 e. The van der Waals surface area contributed by atoms with Crippen LogP contribution >= 0.6 is 0 Å². The van der Waals surface area contributed by atoms with Crippen LogP contribution in [0.5, 0.6) is 0 Å². The largest absolute Gasteiger partial charge is 0.310 e. The number of aryl methyl sites for hydroxylation is 1. The van der Waals surface area contributed by atoms with Gasteiger partial charge in [-0.1, -0.05) is 92.7 Å². The first-order valence-electron chi connectivity index (χ1n) is 16.5. The summed E-state index contributed by atoms with van der Waals surface area (Å²) in [7, 11) is 0. The minimum absolute atomic E-state index is 0.0748. The molecule has 226 valence electrons. The third-order valence-electron chi connectivity index (χ3n) is 10.0. The van der Waals surface area contributed by atoms with Crippen LogP contribution in [0.3, 0.4) is 0 Å². The summed E-state index contributed by atoms with van der Waals surface area (Å²) in [6.45, 7) is 4.70. The molecular weight excluding hydrogens is 571 g/mol. The highest BCUT2D eigenvalue weighted by molar-refractivity contribution is 5.87. The molecule has 9 rings (SSSR count). The van der Waals surface area contributed by atoms with E-state index in [9.17, 15) is 0 Å². The van der Waals surface area contributed by atoms with E-state index in [1.165, 1.54) is 44.8 Å². The van der Waals surface area contributed by atoms with E-state index in [2.05, 4.69) is 175 Å². The fraction of sp³-hybridized carbons (Fsp3) is 0.114. The van der Waals surface area contributed by atoms with E-state index in [1.54, 1.807) is 0 Å². The maximum Gasteiger partial charge on any atom is 0.145 e. The Morgan fingerprint density at radius 1 is 0.638 bits per heavy atom. The molecule has 0 saturated carbocycles. The molecule has 0 aliphatic heterocycles. The molecule has 0 unspecified atom stereocenters. The Hall–Kier alpha value is -5.67. The van der Waals surface area contributed by atoms with Gasteiger partial charge in [0, 0.05) is 33.7 Å². The average molecular weight is 606 g/mol. The predicted octanol–water partition coefficient (Wildman–Crippen LogP) is 11.4. The van der Waals surface area contributed by atoms with E-state index in [4.69, 9.17) is 4.98 Å². The molecule has 1 heterocycles. The number of anilines is 3. The van der Waals surface area contributed by atoms with Gasteiger partial charge in [0.1, 0.15) is 5.82 Å². The normalized spacial score (nSPS) is 14.1. The number of hydrogen-bond acceptors (Lipinski definition) is 2. The molecule has 0 radical (unpaired) electrons. The molecule has 3 nitrogen and oxygen atoms in total. The summed E-state index contributed by atoms with van der Waals surface area (Å²) >= 11 is 0. The molecule has 0 N–H and O–H groups in total. The Morgan fingerprint density at radius 2 is 1.34 bits per heavy atom. The molecule has 0 fully saturated rings. The molecule has 1 aromatic heterocycles. The molecule has 0 saturated heterocycles. The average Bonchev–Trinajstić information content (AvgIpc) is 3.62. The monoisotopic (exact) mass is 605 g/mol. The molecule has 6 aromatic carbocycles. The van der Waals surface area contributed by atoms with E-state index in [0.717, 1.165) is 46.6 Å². The lowest BCUT2D eigenvalue weighted by molar-refractivity contribution is 0.660. The second-order valence-corrected chi connectivity index (χ2v) is 13.2. The van der Waals surface area contributed by atoms with Crippen LogP contribution in [0.2, 0.25) is 0 Å². The summed E-state index contributed by atoms with van der Waals surface area (Å²) in [4.78, 5) is 7.53. The number of benzene rings is 6. The van der Waals surface area contributed by atoms with Crippen LogP contribution in [0.1, 0.15) is 42.5 Å². The summed E-state index contributed by atoms with van der Waals surface area (Å²) in [5, 5.41) is 0. The van der Waals surface area contributed by atoms with Gasteiger partial charge >= 0.3 is 0 Å². The SMILES string of the molecule is CC1(C)c2ccccc2-c2ccc(N(c3ccc(-c4nc5ccccc5n4-c4ccccc4)cc3)c3ccc4c(c3)CCC=C4)cc21. The number of allylic oxidation sites excluding steroid dienone is 1. The topological polar surface area (TPSA) is 21.1 Å². The zero-order chi connectivity index (χ0) is 31.5. The minimum atomic E-state index is -0.0748. The van der Waals surface area contributed by atoms with Crippen LogP contribution in [0.15, 0.2) is 146 Å². The van der Waals surface area contributed by atoms with Gasteiger partial charge in [0.15, 0.2) is 0 Å². The van der Waals surface area contributed by atoms with Crippen molar-refractivity contribution in [3.8, 4) is 28.2 Å². The van der Waals surface area contributed by atoms with Crippen molar-refractivity contribution < 1.29 is 0 Å². The van der Waals surface area contributed by atoms with Gasteiger partial charge in [-0.05, 0) is 119 Å². The van der Waals surface area contributed by atoms with Crippen molar-refractivity contribution in [2.24, 2.45) is 0 Å². The molecule has 47 heavy (non-hydrogen) atoms. The number of para-hydroxylation sites is 3. The highest BCUT2D eigenvalue weighted by Gasteiger charge is 2.35. The quantitative estimate of drug-likeness (QED) is 0.195. The Bertz CT molecular complexity index is 2320. The first kappa shape index (κ1) is 27.6. The summed E-state index contributed by atoms with van der Waals surface area (Å²) in [5.41, 5.74) is 15.8. The predicted molar refractivity (Wildman–Crippen MR) is 196 cm³/mol. The van der Waals surface area contributed by atoms with Gasteiger partial charge in [0.05, 0.1) is 11.0 Å². The van der Waals surface area contributed by atoms with Crippen LogP contribution in [0.25, 0.3) is 45.3 Å². The van der Waals surface area contributed by atoms with Gasteiger partial charge in [-0.15, -0.1) is 0 Å².